The number of hydrogen-bond acceptors (Lipinski definition) is 0. The molecule has 0 nitrogen and oxygen atoms in total. The number of rotatable bonds is 8. The van der Waals surface area contributed by atoms with Crippen molar-refractivity contribution in [1.29, 1.82) is 0 Å². The molecule has 0 N–H and O–H groups in total. The summed E-state index contributed by atoms with van der Waals surface area (Å²) in [5, 5.41) is 15.5. The topological polar surface area (TPSA) is 0 Å². The Hall–Kier alpha value is -9.62. The average molecular weight is 935 g/mol. The molecule has 0 fully saturated rings. The summed E-state index contributed by atoms with van der Waals surface area (Å²) in [7, 11) is 0. The van der Waals surface area contributed by atoms with E-state index in [1.54, 1.807) is 0 Å². The molecule has 0 saturated carbocycles. The zero-order chi connectivity index (χ0) is 48.7. The van der Waals surface area contributed by atoms with Gasteiger partial charge in [-0.3, -0.25) is 0 Å². The van der Waals surface area contributed by atoms with E-state index >= 15 is 0 Å². The quantitative estimate of drug-likeness (QED) is 0.142. The lowest BCUT2D eigenvalue weighted by Crippen LogP contribution is -1.88. The summed E-state index contributed by atoms with van der Waals surface area (Å²) >= 11 is 0. The molecular formula is C74H46. The summed E-state index contributed by atoms with van der Waals surface area (Å²) in [5.41, 5.74) is 19.6. The Morgan fingerprint density at radius 1 is 0.135 bits per heavy atom. The van der Waals surface area contributed by atoms with Crippen molar-refractivity contribution in [2.45, 2.75) is 0 Å². The molecule has 0 spiro atoms. The summed E-state index contributed by atoms with van der Waals surface area (Å²) in [6, 6.07) is 104. The van der Waals surface area contributed by atoms with Crippen LogP contribution in [0.5, 0.6) is 0 Å². The van der Waals surface area contributed by atoms with Gasteiger partial charge in [-0.05, 0) is 190 Å². The molecule has 0 bridgehead atoms. The maximum atomic E-state index is 2.43. The van der Waals surface area contributed by atoms with Gasteiger partial charge in [-0.15, -0.1) is 0 Å². The fourth-order valence-corrected chi connectivity index (χ4v) is 12.5. The fraction of sp³-hybridized carbons (Fsp3) is 0. The minimum atomic E-state index is 1.21. The highest BCUT2D eigenvalue weighted by Crippen LogP contribution is 2.57. The van der Waals surface area contributed by atoms with Crippen molar-refractivity contribution < 1.29 is 0 Å². The molecule has 0 saturated heterocycles. The fourth-order valence-electron chi connectivity index (χ4n) is 12.5. The summed E-state index contributed by atoms with van der Waals surface area (Å²) in [5.74, 6) is 0. The van der Waals surface area contributed by atoms with E-state index in [9.17, 15) is 0 Å². The van der Waals surface area contributed by atoms with Crippen molar-refractivity contribution in [1.82, 2.24) is 0 Å². The molecule has 0 amide bonds. The van der Waals surface area contributed by atoms with E-state index in [-0.39, 0.29) is 0 Å². The lowest BCUT2D eigenvalue weighted by atomic mass is 9.87. The van der Waals surface area contributed by atoms with Crippen LogP contribution in [0.2, 0.25) is 0 Å². The maximum absolute atomic E-state index is 2.43. The Bertz CT molecular complexity index is 4110. The zero-order valence-corrected chi connectivity index (χ0v) is 40.6. The van der Waals surface area contributed by atoms with E-state index in [0.29, 0.717) is 0 Å². The summed E-state index contributed by atoms with van der Waals surface area (Å²) < 4.78 is 0. The van der Waals surface area contributed by atoms with E-state index in [0.717, 1.165) is 0 Å². The molecule has 0 heterocycles. The molecule has 0 radical (unpaired) electrons. The molecule has 15 rings (SSSR count). The molecule has 15 aromatic carbocycles. The van der Waals surface area contributed by atoms with E-state index in [2.05, 4.69) is 279 Å². The first kappa shape index (κ1) is 42.1. The molecule has 0 heteroatoms. The highest BCUT2D eigenvalue weighted by molar-refractivity contribution is 6.47. The van der Waals surface area contributed by atoms with Gasteiger partial charge in [0.25, 0.3) is 0 Å². The molecular weight excluding hydrogens is 889 g/mol. The first-order valence-corrected chi connectivity index (χ1v) is 25.7. The smallest absolute Gasteiger partial charge is 0.000718 e. The van der Waals surface area contributed by atoms with Crippen molar-refractivity contribution in [3.05, 3.63) is 279 Å². The molecule has 0 unspecified atom stereocenters. The van der Waals surface area contributed by atoms with Gasteiger partial charge in [0.15, 0.2) is 0 Å². The van der Waals surface area contributed by atoms with Gasteiger partial charge < -0.3 is 0 Å². The van der Waals surface area contributed by atoms with Gasteiger partial charge in [-0.2, -0.15) is 0 Å². The summed E-state index contributed by atoms with van der Waals surface area (Å²) in [6.07, 6.45) is 0. The molecule has 0 aliphatic heterocycles. The molecule has 342 valence electrons. The lowest BCUT2D eigenvalue weighted by molar-refractivity contribution is 1.58. The minimum Gasteiger partial charge on any atom is -0.0622 e. The van der Waals surface area contributed by atoms with Crippen LogP contribution in [0.4, 0.5) is 0 Å². The van der Waals surface area contributed by atoms with Gasteiger partial charge in [-0.1, -0.05) is 243 Å². The van der Waals surface area contributed by atoms with Crippen LogP contribution in [-0.4, -0.2) is 0 Å². The van der Waals surface area contributed by atoms with Gasteiger partial charge in [0, 0.05) is 0 Å². The van der Waals surface area contributed by atoms with Crippen LogP contribution < -0.4 is 0 Å². The Kier molecular flexibility index (Phi) is 9.68. The Balaban J connectivity index is 1.06. The first-order chi connectivity index (χ1) is 36.7. The highest BCUT2D eigenvalue weighted by Gasteiger charge is 2.28. The third kappa shape index (κ3) is 6.62. The monoisotopic (exact) mass is 934 g/mol. The van der Waals surface area contributed by atoms with Crippen LogP contribution >= 0.6 is 0 Å². The Labute approximate surface area is 430 Å². The number of hydrogen-bond donors (Lipinski definition) is 0. The molecule has 0 aromatic heterocycles. The van der Waals surface area contributed by atoms with Crippen molar-refractivity contribution in [3.8, 4) is 89.0 Å². The van der Waals surface area contributed by atoms with Crippen LogP contribution in [0.25, 0.3) is 154 Å². The second-order valence-electron chi connectivity index (χ2n) is 19.8. The molecule has 0 atom stereocenters. The van der Waals surface area contributed by atoms with Crippen molar-refractivity contribution in [3.63, 3.8) is 0 Å². The van der Waals surface area contributed by atoms with Crippen LogP contribution in [0.3, 0.4) is 0 Å². The Morgan fingerprint density at radius 3 is 0.676 bits per heavy atom. The zero-order valence-electron chi connectivity index (χ0n) is 40.6. The SMILES string of the molecule is c1ccc(-c2cc(-c3ccccc3)cc(-c3ccc4c5c(-c6ccccc6)c6c7ccc(-c8cc(-c9ccccc9)cc(-c9ccccc9)c8)c8cccc(c6c(-c6ccccc6)c5c5cccc3c54)c87)c2)cc1. The molecule has 74 heavy (non-hydrogen) atoms. The third-order valence-electron chi connectivity index (χ3n) is 15.7. The standard InChI is InChI=1S/C74H46/c1-7-21-47(22-8-1)53-41-54(48-23-9-2-10-24-48)44-57(43-53)59-37-39-65-69-61(59)33-19-35-63(69)71-67(51-29-15-5-16-30-51)72-64-36-20-34-62-60(38-40-66(70(62)64)74(72)68(73(65)71)52-31-17-6-18-32-52)58-45-55(49-25-11-3-12-26-49)42-56(46-58)50-27-13-4-14-28-50/h1-46H. The summed E-state index contributed by atoms with van der Waals surface area (Å²) in [4.78, 5) is 0. The minimum absolute atomic E-state index is 1.21. The van der Waals surface area contributed by atoms with Gasteiger partial charge in [-0.25, -0.2) is 0 Å². The van der Waals surface area contributed by atoms with Crippen LogP contribution in [-0.2, 0) is 0 Å². The van der Waals surface area contributed by atoms with Gasteiger partial charge >= 0.3 is 0 Å². The van der Waals surface area contributed by atoms with Gasteiger partial charge in [0.2, 0.25) is 0 Å². The lowest BCUT2D eigenvalue weighted by Gasteiger charge is -2.15. The van der Waals surface area contributed by atoms with Crippen LogP contribution in [0.15, 0.2) is 279 Å². The maximum Gasteiger partial charge on any atom is -0.000718 e. The predicted octanol–water partition coefficient (Wildman–Crippen LogP) is 20.8. The van der Waals surface area contributed by atoms with E-state index in [1.165, 1.54) is 154 Å². The van der Waals surface area contributed by atoms with Gasteiger partial charge in [0.1, 0.15) is 0 Å². The number of benzene rings is 13. The predicted molar refractivity (Wildman–Crippen MR) is 317 cm³/mol. The molecule has 0 aliphatic carbocycles. The van der Waals surface area contributed by atoms with Crippen LogP contribution in [0.1, 0.15) is 0 Å². The highest BCUT2D eigenvalue weighted by atomic mass is 14.3. The normalized spacial score (nSPS) is 11.8. The molecule has 15 aromatic rings. The first-order valence-electron chi connectivity index (χ1n) is 25.7. The second kappa shape index (κ2) is 17.0. The third-order valence-corrected chi connectivity index (χ3v) is 15.7. The van der Waals surface area contributed by atoms with Gasteiger partial charge in [0.05, 0.1) is 0 Å². The van der Waals surface area contributed by atoms with E-state index in [4.69, 9.17) is 0 Å². The molecule has 0 aliphatic rings. The van der Waals surface area contributed by atoms with Crippen molar-refractivity contribution in [2.75, 3.05) is 0 Å². The number of fused-ring (bicyclic) bond motifs is 6. The van der Waals surface area contributed by atoms with E-state index in [1.807, 2.05) is 0 Å². The largest absolute Gasteiger partial charge is 0.0622 e. The van der Waals surface area contributed by atoms with Crippen LogP contribution in [0, 0.1) is 0 Å². The van der Waals surface area contributed by atoms with Crippen molar-refractivity contribution in [2.24, 2.45) is 0 Å². The average Bonchev–Trinajstić information content (AvgIpc) is 4.02. The van der Waals surface area contributed by atoms with Crippen molar-refractivity contribution >= 4 is 64.6 Å². The van der Waals surface area contributed by atoms with E-state index < -0.39 is 0 Å². The summed E-state index contributed by atoms with van der Waals surface area (Å²) in [6.45, 7) is 0. The second-order valence-corrected chi connectivity index (χ2v) is 19.8. The Morgan fingerprint density at radius 2 is 0.378 bits per heavy atom.